The third-order valence-electron chi connectivity index (χ3n) is 3.99. The van der Waals surface area contributed by atoms with Gasteiger partial charge in [-0.1, -0.05) is 30.3 Å². The fourth-order valence-electron chi connectivity index (χ4n) is 2.67. The number of carbonyl (C=O) groups is 3. The third kappa shape index (κ3) is 4.76. The molecule has 7 nitrogen and oxygen atoms in total. The minimum atomic E-state index is -0.506. The first-order valence-electron chi connectivity index (χ1n) is 8.86. The van der Waals surface area contributed by atoms with Crippen LogP contribution in [-0.2, 0) is 9.59 Å². The van der Waals surface area contributed by atoms with Crippen molar-refractivity contribution in [2.75, 3.05) is 11.9 Å². The highest BCUT2D eigenvalue weighted by Gasteiger charge is 2.36. The van der Waals surface area contributed by atoms with Crippen LogP contribution in [0.1, 0.15) is 5.56 Å². The summed E-state index contributed by atoms with van der Waals surface area (Å²) in [6.07, 6.45) is 3.17. The second-order valence-electron chi connectivity index (χ2n) is 6.14. The summed E-state index contributed by atoms with van der Waals surface area (Å²) in [6, 6.07) is 16.5. The van der Waals surface area contributed by atoms with Crippen LogP contribution in [0.3, 0.4) is 0 Å². The summed E-state index contributed by atoms with van der Waals surface area (Å²) in [4.78, 5) is 42.1. The molecule has 1 N–H and O–H groups in total. The van der Waals surface area contributed by atoms with Crippen molar-refractivity contribution in [3.63, 3.8) is 0 Å². The topological polar surface area (TPSA) is 88.6 Å². The van der Waals surface area contributed by atoms with E-state index in [0.29, 0.717) is 22.2 Å². The monoisotopic (exact) mass is 437 g/mol. The average Bonchev–Trinajstić information content (AvgIpc) is 3.33. The van der Waals surface area contributed by atoms with Crippen LogP contribution in [0.15, 0.2) is 71.1 Å². The van der Waals surface area contributed by atoms with Crippen molar-refractivity contribution in [1.29, 1.82) is 0 Å². The number of hydrogen-bond acceptors (Lipinski definition) is 7. The smallest absolute Gasteiger partial charge is 0.294 e. The van der Waals surface area contributed by atoms with E-state index in [2.05, 4.69) is 10.3 Å². The van der Waals surface area contributed by atoms with E-state index in [9.17, 15) is 14.4 Å². The Labute approximate surface area is 180 Å². The number of nitrogens with zero attached hydrogens (tertiary/aromatic N) is 2. The molecule has 0 bridgehead atoms. The summed E-state index contributed by atoms with van der Waals surface area (Å²) in [7, 11) is 0. The molecule has 0 spiro atoms. The van der Waals surface area contributed by atoms with Crippen LogP contribution >= 0.6 is 23.1 Å². The summed E-state index contributed by atoms with van der Waals surface area (Å²) in [5.41, 5.74) is 0.709. The van der Waals surface area contributed by atoms with Crippen molar-refractivity contribution in [2.45, 2.75) is 0 Å². The van der Waals surface area contributed by atoms with Crippen molar-refractivity contribution in [3.05, 3.63) is 76.6 Å². The van der Waals surface area contributed by atoms with Crippen molar-refractivity contribution in [3.8, 4) is 11.5 Å². The predicted molar refractivity (Wildman–Crippen MR) is 116 cm³/mol. The number of hydrogen-bond donors (Lipinski definition) is 1. The quantitative estimate of drug-likeness (QED) is 0.567. The molecule has 150 valence electrons. The Morgan fingerprint density at radius 3 is 2.67 bits per heavy atom. The van der Waals surface area contributed by atoms with Gasteiger partial charge in [0.05, 0.1) is 4.91 Å². The van der Waals surface area contributed by atoms with Crippen LogP contribution in [0.4, 0.5) is 9.93 Å². The molecule has 1 aliphatic heterocycles. The first-order chi connectivity index (χ1) is 14.6. The Morgan fingerprint density at radius 1 is 1.10 bits per heavy atom. The number of nitrogens with one attached hydrogen (secondary N) is 1. The van der Waals surface area contributed by atoms with Crippen molar-refractivity contribution >= 4 is 51.4 Å². The van der Waals surface area contributed by atoms with Gasteiger partial charge in [-0.3, -0.25) is 19.3 Å². The fourth-order valence-corrected chi connectivity index (χ4v) is 4.05. The number of imide groups is 1. The standard InChI is InChI=1S/C21H15N3O4S2/c25-18(23-20-22-9-10-29-20)13-24-19(26)17(30-21(24)27)12-14-5-4-8-16(11-14)28-15-6-2-1-3-7-15/h1-12H,13H2,(H,22,23,25)/b17-12-. The lowest BCUT2D eigenvalue weighted by Gasteiger charge is -2.11. The summed E-state index contributed by atoms with van der Waals surface area (Å²) >= 11 is 2.06. The maximum absolute atomic E-state index is 12.6. The van der Waals surface area contributed by atoms with Gasteiger partial charge in [-0.2, -0.15) is 0 Å². The van der Waals surface area contributed by atoms with Crippen molar-refractivity contribution < 1.29 is 19.1 Å². The number of carbonyl (C=O) groups excluding carboxylic acids is 3. The zero-order valence-corrected chi connectivity index (χ0v) is 17.1. The first-order valence-corrected chi connectivity index (χ1v) is 10.6. The molecule has 3 amide bonds. The zero-order valence-electron chi connectivity index (χ0n) is 15.5. The van der Waals surface area contributed by atoms with E-state index in [4.69, 9.17) is 4.74 Å². The van der Waals surface area contributed by atoms with Crippen LogP contribution in [0.5, 0.6) is 11.5 Å². The van der Waals surface area contributed by atoms with Crippen LogP contribution in [0.25, 0.3) is 6.08 Å². The molecule has 0 atom stereocenters. The summed E-state index contributed by atoms with van der Waals surface area (Å²) in [5, 5.41) is 4.20. The van der Waals surface area contributed by atoms with E-state index in [1.165, 1.54) is 11.3 Å². The van der Waals surface area contributed by atoms with Crippen LogP contribution in [-0.4, -0.2) is 33.5 Å². The molecule has 1 fully saturated rings. The highest BCUT2D eigenvalue weighted by molar-refractivity contribution is 8.18. The van der Waals surface area contributed by atoms with Gasteiger partial charge in [0.25, 0.3) is 11.1 Å². The lowest BCUT2D eigenvalue weighted by atomic mass is 10.2. The minimum Gasteiger partial charge on any atom is -0.457 e. The molecule has 2 aromatic carbocycles. The Balaban J connectivity index is 1.45. The molecule has 0 aliphatic carbocycles. The van der Waals surface area contributed by atoms with E-state index in [1.807, 2.05) is 30.3 Å². The second-order valence-corrected chi connectivity index (χ2v) is 8.03. The molecule has 0 unspecified atom stereocenters. The lowest BCUT2D eigenvalue weighted by molar-refractivity contribution is -0.127. The van der Waals surface area contributed by atoms with E-state index in [-0.39, 0.29) is 11.4 Å². The number of aromatic nitrogens is 1. The molecule has 4 rings (SSSR count). The van der Waals surface area contributed by atoms with E-state index >= 15 is 0 Å². The number of thioether (sulfide) groups is 1. The number of para-hydroxylation sites is 1. The van der Waals surface area contributed by atoms with Gasteiger partial charge < -0.3 is 10.1 Å². The Morgan fingerprint density at radius 2 is 1.90 bits per heavy atom. The van der Waals surface area contributed by atoms with Gasteiger partial charge in [-0.25, -0.2) is 4.98 Å². The molecule has 1 aromatic heterocycles. The van der Waals surface area contributed by atoms with Gasteiger partial charge in [0.1, 0.15) is 18.0 Å². The Kier molecular flexibility index (Phi) is 5.92. The summed E-state index contributed by atoms with van der Waals surface area (Å²) in [5.74, 6) is 0.318. The Bertz CT molecular complexity index is 1110. The van der Waals surface area contributed by atoms with E-state index < -0.39 is 17.1 Å². The Hall–Kier alpha value is -3.43. The van der Waals surface area contributed by atoms with Crippen molar-refractivity contribution in [1.82, 2.24) is 9.88 Å². The highest BCUT2D eigenvalue weighted by Crippen LogP contribution is 2.33. The lowest BCUT2D eigenvalue weighted by Crippen LogP contribution is -2.36. The van der Waals surface area contributed by atoms with Crippen LogP contribution in [0, 0.1) is 0 Å². The number of benzene rings is 2. The average molecular weight is 438 g/mol. The molecule has 1 saturated heterocycles. The maximum atomic E-state index is 12.6. The van der Waals surface area contributed by atoms with Gasteiger partial charge in [-0.05, 0) is 47.7 Å². The van der Waals surface area contributed by atoms with E-state index in [1.54, 1.807) is 41.9 Å². The zero-order chi connectivity index (χ0) is 20.9. The third-order valence-corrected chi connectivity index (χ3v) is 5.58. The number of ether oxygens (including phenoxy) is 1. The molecule has 0 radical (unpaired) electrons. The number of rotatable bonds is 6. The molecule has 30 heavy (non-hydrogen) atoms. The predicted octanol–water partition coefficient (Wildman–Crippen LogP) is 4.61. The SMILES string of the molecule is O=C(CN1C(=O)S/C(=C\c2cccc(Oc3ccccc3)c2)C1=O)Nc1nccs1. The van der Waals surface area contributed by atoms with Crippen LogP contribution < -0.4 is 10.1 Å². The van der Waals surface area contributed by atoms with Crippen molar-refractivity contribution in [2.24, 2.45) is 0 Å². The fraction of sp³-hybridized carbons (Fsp3) is 0.0476. The molecule has 3 aromatic rings. The maximum Gasteiger partial charge on any atom is 0.294 e. The largest absolute Gasteiger partial charge is 0.457 e. The first kappa shape index (κ1) is 19.9. The number of thiazole rings is 1. The molecule has 2 heterocycles. The molecule has 9 heteroatoms. The normalized spacial score (nSPS) is 14.9. The molecular weight excluding hydrogens is 422 g/mol. The summed E-state index contributed by atoms with van der Waals surface area (Å²) < 4.78 is 5.80. The molecule has 0 saturated carbocycles. The second kappa shape index (κ2) is 8.93. The van der Waals surface area contributed by atoms with Crippen LogP contribution in [0.2, 0.25) is 0 Å². The van der Waals surface area contributed by atoms with E-state index in [0.717, 1.165) is 16.7 Å². The van der Waals surface area contributed by atoms with Gasteiger partial charge in [0.2, 0.25) is 5.91 Å². The van der Waals surface area contributed by atoms with Gasteiger partial charge in [-0.15, -0.1) is 11.3 Å². The minimum absolute atomic E-state index is 0.249. The summed E-state index contributed by atoms with van der Waals surface area (Å²) in [6.45, 7) is -0.362. The molecule has 1 aliphatic rings. The highest BCUT2D eigenvalue weighted by atomic mass is 32.2. The molecular formula is C21H15N3O4S2. The number of anilines is 1. The van der Waals surface area contributed by atoms with Gasteiger partial charge in [0, 0.05) is 11.6 Å². The van der Waals surface area contributed by atoms with Gasteiger partial charge in [0.15, 0.2) is 5.13 Å². The van der Waals surface area contributed by atoms with Gasteiger partial charge >= 0.3 is 0 Å². The number of amides is 3.